The van der Waals surface area contributed by atoms with E-state index in [1.54, 1.807) is 12.1 Å². The Kier molecular flexibility index (Phi) is 7.24. The van der Waals surface area contributed by atoms with E-state index in [0.29, 0.717) is 5.75 Å². The van der Waals surface area contributed by atoms with Gasteiger partial charge in [-0.2, -0.15) is 0 Å². The van der Waals surface area contributed by atoms with Crippen molar-refractivity contribution in [2.45, 2.75) is 6.92 Å². The molecule has 9 nitrogen and oxygen atoms in total. The second-order valence-electron chi connectivity index (χ2n) is 5.48. The Bertz CT molecular complexity index is 920. The Morgan fingerprint density at radius 3 is 2.50 bits per heavy atom. The molecule has 28 heavy (non-hydrogen) atoms. The Hall–Kier alpha value is -3.24. The Balaban J connectivity index is 1.80. The van der Waals surface area contributed by atoms with Crippen LogP contribution >= 0.6 is 23.8 Å². The molecule has 0 aliphatic heterocycles. The van der Waals surface area contributed by atoms with Gasteiger partial charge in [0.15, 0.2) is 11.7 Å². The van der Waals surface area contributed by atoms with Crippen LogP contribution in [0.25, 0.3) is 0 Å². The second kappa shape index (κ2) is 9.62. The Morgan fingerprint density at radius 2 is 1.86 bits per heavy atom. The number of hydrogen-bond acceptors (Lipinski definition) is 6. The third-order valence-electron chi connectivity index (χ3n) is 3.34. The molecule has 0 heterocycles. The number of hydrogen-bond donors (Lipinski definition) is 3. The third kappa shape index (κ3) is 6.18. The third-order valence-corrected chi connectivity index (χ3v) is 3.86. The first kappa shape index (κ1) is 21.1. The van der Waals surface area contributed by atoms with Gasteiger partial charge in [0, 0.05) is 11.6 Å². The van der Waals surface area contributed by atoms with Crippen molar-refractivity contribution in [1.29, 1.82) is 0 Å². The monoisotopic (exact) mass is 422 g/mol. The summed E-state index contributed by atoms with van der Waals surface area (Å²) in [4.78, 5) is 34.0. The van der Waals surface area contributed by atoms with Crippen molar-refractivity contribution < 1.29 is 19.2 Å². The number of hydrazine groups is 1. The molecule has 0 saturated heterocycles. The maximum absolute atomic E-state index is 12.1. The molecule has 2 aromatic carbocycles. The van der Waals surface area contributed by atoms with Crippen molar-refractivity contribution in [3.05, 3.63) is 68.7 Å². The zero-order chi connectivity index (χ0) is 20.7. The van der Waals surface area contributed by atoms with Crippen molar-refractivity contribution in [2.24, 2.45) is 0 Å². The van der Waals surface area contributed by atoms with Crippen LogP contribution in [0.5, 0.6) is 5.75 Å². The number of amides is 2. The van der Waals surface area contributed by atoms with Gasteiger partial charge in [-0.15, -0.1) is 0 Å². The van der Waals surface area contributed by atoms with Crippen molar-refractivity contribution in [3.63, 3.8) is 0 Å². The first-order valence-corrected chi connectivity index (χ1v) is 8.58. The van der Waals surface area contributed by atoms with E-state index < -0.39 is 22.4 Å². The fraction of sp³-hybridized carbons (Fsp3) is 0.118. The number of thiocarbonyl (C=S) groups is 1. The average Bonchev–Trinajstić information content (AvgIpc) is 2.66. The summed E-state index contributed by atoms with van der Waals surface area (Å²) in [6, 6.07) is 10.7. The maximum atomic E-state index is 12.1. The van der Waals surface area contributed by atoms with Crippen LogP contribution in [-0.4, -0.2) is 28.5 Å². The minimum atomic E-state index is -0.706. The highest BCUT2D eigenvalue weighted by Crippen LogP contribution is 2.24. The Morgan fingerprint density at radius 1 is 1.18 bits per heavy atom. The number of halogens is 1. The largest absolute Gasteiger partial charge is 0.484 e. The molecule has 0 radical (unpaired) electrons. The van der Waals surface area contributed by atoms with Gasteiger partial charge in [0.05, 0.1) is 4.92 Å². The van der Waals surface area contributed by atoms with E-state index in [1.807, 2.05) is 19.1 Å². The number of nitro groups is 1. The summed E-state index contributed by atoms with van der Waals surface area (Å²) in [7, 11) is 0. The summed E-state index contributed by atoms with van der Waals surface area (Å²) in [5.74, 6) is -0.706. The van der Waals surface area contributed by atoms with Gasteiger partial charge in [0.1, 0.15) is 10.8 Å². The molecule has 0 aliphatic rings. The average molecular weight is 423 g/mol. The molecule has 2 aromatic rings. The molecule has 0 unspecified atom stereocenters. The summed E-state index contributed by atoms with van der Waals surface area (Å²) in [5.41, 5.74) is 5.23. The van der Waals surface area contributed by atoms with Crippen LogP contribution in [0, 0.1) is 17.0 Å². The van der Waals surface area contributed by atoms with E-state index >= 15 is 0 Å². The summed E-state index contributed by atoms with van der Waals surface area (Å²) in [6.07, 6.45) is 0. The molecular weight excluding hydrogens is 408 g/mol. The minimum Gasteiger partial charge on any atom is -0.484 e. The van der Waals surface area contributed by atoms with Crippen LogP contribution in [0.1, 0.15) is 15.9 Å². The van der Waals surface area contributed by atoms with Gasteiger partial charge in [-0.1, -0.05) is 29.3 Å². The van der Waals surface area contributed by atoms with Gasteiger partial charge >= 0.3 is 0 Å². The predicted octanol–water partition coefficient (Wildman–Crippen LogP) is 2.27. The first-order valence-electron chi connectivity index (χ1n) is 7.80. The number of ether oxygens (including phenoxy) is 1. The van der Waals surface area contributed by atoms with Gasteiger partial charge in [0.2, 0.25) is 0 Å². The highest BCUT2D eigenvalue weighted by molar-refractivity contribution is 7.80. The summed E-state index contributed by atoms with van der Waals surface area (Å²) in [5, 5.41) is 12.8. The molecule has 11 heteroatoms. The SMILES string of the molecule is Cc1ccc(OCC(=O)NNC(=S)NC(=O)c2ccc(Cl)c([N+](=O)[O-])c2)cc1. The van der Waals surface area contributed by atoms with Crippen molar-refractivity contribution in [3.8, 4) is 5.75 Å². The quantitative estimate of drug-likeness (QED) is 0.383. The highest BCUT2D eigenvalue weighted by atomic mass is 35.5. The van der Waals surface area contributed by atoms with Gasteiger partial charge < -0.3 is 4.74 Å². The molecule has 2 rings (SSSR count). The van der Waals surface area contributed by atoms with Crippen molar-refractivity contribution in [2.75, 3.05) is 6.61 Å². The maximum Gasteiger partial charge on any atom is 0.288 e. The fourth-order valence-electron chi connectivity index (χ4n) is 1.95. The number of nitrogens with one attached hydrogen (secondary N) is 3. The minimum absolute atomic E-state index is 0.0192. The summed E-state index contributed by atoms with van der Waals surface area (Å²) in [6.45, 7) is 1.66. The summed E-state index contributed by atoms with van der Waals surface area (Å²) >= 11 is 10.6. The number of nitro benzene ring substituents is 1. The molecule has 0 fully saturated rings. The molecule has 2 amide bonds. The lowest BCUT2D eigenvalue weighted by Crippen LogP contribution is -2.49. The number of aryl methyl sites for hydroxylation is 1. The molecular formula is C17H15ClN4O5S. The molecule has 0 saturated carbocycles. The molecule has 0 bridgehead atoms. The number of rotatable bonds is 5. The highest BCUT2D eigenvalue weighted by Gasteiger charge is 2.17. The van der Waals surface area contributed by atoms with Crippen molar-refractivity contribution >= 4 is 46.4 Å². The van der Waals surface area contributed by atoms with E-state index in [9.17, 15) is 19.7 Å². The fourth-order valence-corrected chi connectivity index (χ4v) is 2.28. The van der Waals surface area contributed by atoms with E-state index in [1.165, 1.54) is 12.1 Å². The van der Waals surface area contributed by atoms with E-state index in [2.05, 4.69) is 16.2 Å². The molecule has 0 aromatic heterocycles. The van der Waals surface area contributed by atoms with Crippen LogP contribution in [0.2, 0.25) is 5.02 Å². The predicted molar refractivity (Wildman–Crippen MR) is 106 cm³/mol. The lowest BCUT2D eigenvalue weighted by Gasteiger charge is -2.11. The molecule has 0 spiro atoms. The lowest BCUT2D eigenvalue weighted by atomic mass is 10.2. The van der Waals surface area contributed by atoms with Gasteiger partial charge in [-0.05, 0) is 43.4 Å². The number of carbonyl (C=O) groups excluding carboxylic acids is 2. The van der Waals surface area contributed by atoms with Gasteiger partial charge in [-0.25, -0.2) is 0 Å². The summed E-state index contributed by atoms with van der Waals surface area (Å²) < 4.78 is 5.29. The first-order chi connectivity index (χ1) is 13.3. The number of nitrogens with zero attached hydrogens (tertiary/aromatic N) is 1. The zero-order valence-corrected chi connectivity index (χ0v) is 16.1. The second-order valence-corrected chi connectivity index (χ2v) is 6.30. The van der Waals surface area contributed by atoms with E-state index in [0.717, 1.165) is 11.6 Å². The van der Waals surface area contributed by atoms with Gasteiger partial charge in [0.25, 0.3) is 17.5 Å². The molecule has 0 aliphatic carbocycles. The van der Waals surface area contributed by atoms with E-state index in [4.69, 9.17) is 28.6 Å². The van der Waals surface area contributed by atoms with Crippen LogP contribution in [-0.2, 0) is 4.79 Å². The topological polar surface area (TPSA) is 123 Å². The van der Waals surface area contributed by atoms with E-state index in [-0.39, 0.29) is 22.3 Å². The van der Waals surface area contributed by atoms with Crippen LogP contribution in [0.3, 0.4) is 0 Å². The van der Waals surface area contributed by atoms with Crippen LogP contribution in [0.4, 0.5) is 5.69 Å². The Labute approximate surface area is 170 Å². The zero-order valence-electron chi connectivity index (χ0n) is 14.5. The van der Waals surface area contributed by atoms with Crippen LogP contribution < -0.4 is 20.9 Å². The number of carbonyl (C=O) groups is 2. The molecule has 0 atom stereocenters. The number of benzene rings is 2. The molecule has 3 N–H and O–H groups in total. The normalized spacial score (nSPS) is 9.93. The van der Waals surface area contributed by atoms with Gasteiger partial charge in [-0.3, -0.25) is 35.9 Å². The van der Waals surface area contributed by atoms with Crippen LogP contribution in [0.15, 0.2) is 42.5 Å². The molecule has 146 valence electrons. The smallest absolute Gasteiger partial charge is 0.288 e. The van der Waals surface area contributed by atoms with Crippen molar-refractivity contribution in [1.82, 2.24) is 16.2 Å². The lowest BCUT2D eigenvalue weighted by molar-refractivity contribution is -0.384. The standard InChI is InChI=1S/C17H15ClN4O5S/c1-10-2-5-12(6-3-10)27-9-15(23)20-21-17(28)19-16(24)11-4-7-13(18)14(8-11)22(25)26/h2-8H,9H2,1H3,(H,20,23)(H2,19,21,24,28).